The molecule has 1 atom stereocenters. The van der Waals surface area contributed by atoms with Crippen molar-refractivity contribution in [1.29, 1.82) is 0 Å². The third kappa shape index (κ3) is 5.32. The number of halogens is 1. The van der Waals surface area contributed by atoms with E-state index in [0.717, 1.165) is 25.7 Å². The molecule has 3 aromatic rings. The molecule has 1 aliphatic carbocycles. The van der Waals surface area contributed by atoms with E-state index in [4.69, 9.17) is 30.8 Å². The number of ether oxygens (including phenoxy) is 3. The van der Waals surface area contributed by atoms with Crippen molar-refractivity contribution in [2.45, 2.75) is 51.0 Å². The minimum atomic E-state index is -0.898. The predicted molar refractivity (Wildman–Crippen MR) is 135 cm³/mol. The Morgan fingerprint density at radius 2 is 1.94 bits per heavy atom. The zero-order chi connectivity index (χ0) is 24.9. The minimum absolute atomic E-state index is 0.141. The van der Waals surface area contributed by atoms with E-state index in [2.05, 4.69) is 5.10 Å². The number of carbonyl (C=O) groups is 1. The van der Waals surface area contributed by atoms with Gasteiger partial charge >= 0.3 is 5.97 Å². The second kappa shape index (κ2) is 10.9. The van der Waals surface area contributed by atoms with Gasteiger partial charge in [0, 0.05) is 22.6 Å². The molecule has 184 valence electrons. The Bertz CT molecular complexity index is 1310. The van der Waals surface area contributed by atoms with E-state index in [1.165, 1.54) is 31.5 Å². The van der Waals surface area contributed by atoms with Gasteiger partial charge in [-0.05, 0) is 38.0 Å². The molecule has 1 aromatic heterocycles. The van der Waals surface area contributed by atoms with Gasteiger partial charge in [-0.1, -0.05) is 43.0 Å². The third-order valence-corrected chi connectivity index (χ3v) is 6.38. The van der Waals surface area contributed by atoms with Crippen molar-refractivity contribution >= 4 is 34.7 Å². The van der Waals surface area contributed by atoms with Crippen LogP contribution in [0.3, 0.4) is 0 Å². The quantitative estimate of drug-likeness (QED) is 0.339. The van der Waals surface area contributed by atoms with Gasteiger partial charge in [0.15, 0.2) is 17.6 Å². The van der Waals surface area contributed by atoms with E-state index in [0.29, 0.717) is 33.1 Å². The summed E-state index contributed by atoms with van der Waals surface area (Å²) in [5, 5.41) is 5.43. The lowest BCUT2D eigenvalue weighted by Gasteiger charge is -2.23. The Kier molecular flexibility index (Phi) is 7.70. The fourth-order valence-electron chi connectivity index (χ4n) is 4.35. The van der Waals surface area contributed by atoms with E-state index in [-0.39, 0.29) is 17.2 Å². The second-order valence-corrected chi connectivity index (χ2v) is 8.93. The Morgan fingerprint density at radius 1 is 1.20 bits per heavy atom. The highest BCUT2D eigenvalue weighted by atomic mass is 35.5. The summed E-state index contributed by atoms with van der Waals surface area (Å²) in [4.78, 5) is 30.3. The highest BCUT2D eigenvalue weighted by Crippen LogP contribution is 2.35. The number of para-hydroxylation sites is 1. The van der Waals surface area contributed by atoms with Gasteiger partial charge in [-0.3, -0.25) is 4.79 Å². The fraction of sp³-hybridized carbons (Fsp3) is 0.385. The van der Waals surface area contributed by atoms with Crippen LogP contribution in [0, 0.1) is 0 Å². The molecule has 0 aliphatic heterocycles. The Morgan fingerprint density at radius 3 is 2.66 bits per heavy atom. The summed E-state index contributed by atoms with van der Waals surface area (Å²) in [6.07, 6.45) is 5.85. The zero-order valence-corrected chi connectivity index (χ0v) is 20.7. The molecular formula is C26H28ClN3O5. The number of aromatic nitrogens is 2. The molecule has 1 fully saturated rings. The summed E-state index contributed by atoms with van der Waals surface area (Å²) in [5.41, 5.74) is 0.858. The van der Waals surface area contributed by atoms with Crippen LogP contribution in [0.1, 0.15) is 56.3 Å². The summed E-state index contributed by atoms with van der Waals surface area (Å²) < 4.78 is 17.4. The number of methoxy groups -OCH3 is 2. The van der Waals surface area contributed by atoms with Crippen LogP contribution >= 0.6 is 11.6 Å². The lowest BCUT2D eigenvalue weighted by atomic mass is 9.88. The third-order valence-electron chi connectivity index (χ3n) is 6.16. The van der Waals surface area contributed by atoms with Crippen LogP contribution in [0.2, 0.25) is 5.02 Å². The highest BCUT2D eigenvalue weighted by molar-refractivity contribution is 6.31. The number of fused-ring (bicyclic) bond motifs is 1. The molecule has 1 saturated carbocycles. The molecule has 0 unspecified atom stereocenters. The number of hydrogen-bond donors (Lipinski definition) is 0. The molecule has 0 spiro atoms. The van der Waals surface area contributed by atoms with E-state index < -0.39 is 12.1 Å². The van der Waals surface area contributed by atoms with Crippen LogP contribution in [0.15, 0.2) is 46.3 Å². The number of nitrogens with zero attached hydrogens (tertiary/aromatic N) is 3. The second-order valence-electron chi connectivity index (χ2n) is 8.49. The first-order valence-electron chi connectivity index (χ1n) is 11.6. The Hall–Kier alpha value is -3.39. The summed E-state index contributed by atoms with van der Waals surface area (Å²) in [5.74, 6) is 0.830. The first-order valence-corrected chi connectivity index (χ1v) is 12.0. The number of benzene rings is 2. The first-order chi connectivity index (χ1) is 16.9. The molecule has 9 heteroatoms. The zero-order valence-electron chi connectivity index (χ0n) is 20.0. The highest BCUT2D eigenvalue weighted by Gasteiger charge is 2.23. The number of rotatable bonds is 7. The number of hydrogen-bond acceptors (Lipinski definition) is 7. The smallest absolute Gasteiger partial charge is 0.346 e. The molecule has 0 N–H and O–H groups in total. The molecule has 1 heterocycles. The summed E-state index contributed by atoms with van der Waals surface area (Å²) in [7, 11) is 2.76. The summed E-state index contributed by atoms with van der Waals surface area (Å²) in [6.45, 7) is 1.57. The van der Waals surface area contributed by atoms with E-state index in [1.807, 2.05) is 18.2 Å². The van der Waals surface area contributed by atoms with Gasteiger partial charge in [-0.25, -0.2) is 9.78 Å². The first kappa shape index (κ1) is 24.7. The average Bonchev–Trinajstić information content (AvgIpc) is 2.89. The van der Waals surface area contributed by atoms with Crippen LogP contribution in [0.5, 0.6) is 11.5 Å². The SMILES string of the molecule is COC(=O)[C@H](C)Oc1c(C=Nn2c(C3CCCCC3)nc3ccccc3c2=O)cc(Cl)cc1OC. The van der Waals surface area contributed by atoms with Crippen molar-refractivity contribution in [2.24, 2.45) is 5.10 Å². The van der Waals surface area contributed by atoms with Crippen LogP contribution in [0.4, 0.5) is 0 Å². The molecule has 0 amide bonds. The van der Waals surface area contributed by atoms with E-state index in [9.17, 15) is 9.59 Å². The van der Waals surface area contributed by atoms with Gasteiger partial charge < -0.3 is 14.2 Å². The van der Waals surface area contributed by atoms with Crippen molar-refractivity contribution < 1.29 is 19.0 Å². The van der Waals surface area contributed by atoms with E-state index in [1.54, 1.807) is 25.1 Å². The van der Waals surface area contributed by atoms with Gasteiger partial charge in [-0.2, -0.15) is 9.78 Å². The summed E-state index contributed by atoms with van der Waals surface area (Å²) in [6, 6.07) is 10.5. The van der Waals surface area contributed by atoms with Gasteiger partial charge in [0.2, 0.25) is 0 Å². The largest absolute Gasteiger partial charge is 0.493 e. The molecule has 0 bridgehead atoms. The Balaban J connectivity index is 1.83. The molecule has 4 rings (SSSR count). The van der Waals surface area contributed by atoms with Gasteiger partial charge in [0.25, 0.3) is 5.56 Å². The summed E-state index contributed by atoms with van der Waals surface area (Å²) >= 11 is 6.30. The lowest BCUT2D eigenvalue weighted by molar-refractivity contribution is -0.147. The van der Waals surface area contributed by atoms with E-state index >= 15 is 0 Å². The maximum atomic E-state index is 13.5. The average molecular weight is 498 g/mol. The number of esters is 1. The van der Waals surface area contributed by atoms with Crippen molar-refractivity contribution in [3.63, 3.8) is 0 Å². The normalized spacial score (nSPS) is 15.3. The molecular weight excluding hydrogens is 470 g/mol. The van der Waals surface area contributed by atoms with Crippen LogP contribution in [0.25, 0.3) is 10.9 Å². The van der Waals surface area contributed by atoms with Crippen molar-refractivity contribution in [1.82, 2.24) is 9.66 Å². The van der Waals surface area contributed by atoms with Gasteiger partial charge in [0.05, 0.1) is 31.3 Å². The maximum Gasteiger partial charge on any atom is 0.346 e. The molecule has 0 radical (unpaired) electrons. The lowest BCUT2D eigenvalue weighted by Crippen LogP contribution is -2.26. The maximum absolute atomic E-state index is 13.5. The molecule has 35 heavy (non-hydrogen) atoms. The van der Waals surface area contributed by atoms with Crippen LogP contribution in [-0.2, 0) is 9.53 Å². The standard InChI is InChI=1S/C26H28ClN3O5/c1-16(26(32)34-3)35-23-18(13-19(27)14-22(23)33-2)15-28-30-24(17-9-5-4-6-10-17)29-21-12-8-7-11-20(21)25(30)31/h7-8,11-17H,4-6,9-10H2,1-3H3/t16-/m0/s1. The predicted octanol–water partition coefficient (Wildman–Crippen LogP) is 4.93. The number of carbonyl (C=O) groups excluding carboxylic acids is 1. The van der Waals surface area contributed by atoms with Gasteiger partial charge in [0.1, 0.15) is 5.82 Å². The van der Waals surface area contributed by atoms with Crippen molar-refractivity contribution in [2.75, 3.05) is 14.2 Å². The Labute approximate surface area is 208 Å². The van der Waals surface area contributed by atoms with Crippen LogP contribution in [-0.4, -0.2) is 42.2 Å². The van der Waals surface area contributed by atoms with Gasteiger partial charge in [-0.15, -0.1) is 0 Å². The van der Waals surface area contributed by atoms with Crippen molar-refractivity contribution in [3.05, 3.63) is 63.2 Å². The molecule has 2 aromatic carbocycles. The topological polar surface area (TPSA) is 92.0 Å². The van der Waals surface area contributed by atoms with Crippen molar-refractivity contribution in [3.8, 4) is 11.5 Å². The van der Waals surface area contributed by atoms with Crippen LogP contribution < -0.4 is 15.0 Å². The monoisotopic (exact) mass is 497 g/mol. The minimum Gasteiger partial charge on any atom is -0.493 e. The molecule has 8 nitrogen and oxygen atoms in total. The molecule has 1 aliphatic rings. The molecule has 0 saturated heterocycles. The fourth-order valence-corrected chi connectivity index (χ4v) is 4.57.